The molecule has 0 saturated carbocycles. The van der Waals surface area contributed by atoms with E-state index in [1.807, 2.05) is 17.2 Å². The van der Waals surface area contributed by atoms with Gasteiger partial charge in [0.05, 0.1) is 6.10 Å². The second-order valence-corrected chi connectivity index (χ2v) is 5.10. The van der Waals surface area contributed by atoms with Crippen molar-refractivity contribution in [2.75, 3.05) is 27.2 Å². The number of likely N-dealkylation sites (tertiary alicyclic amines) is 1. The highest BCUT2D eigenvalue weighted by atomic mass is 123. The van der Waals surface area contributed by atoms with Crippen molar-refractivity contribution >= 4 is 28.6 Å². The number of carbonyl (C=O) groups excluding carboxylic acids is 1. The van der Waals surface area contributed by atoms with Gasteiger partial charge in [-0.2, -0.15) is 0 Å². The number of ether oxygens (including phenoxy) is 2. The summed E-state index contributed by atoms with van der Waals surface area (Å²) in [6.45, 7) is 3.25. The standard InChI is InChI=1S/C12H20INO3/c1-9(15)17-12-8-14(2)7-5-10(12)11(16-3)4-6-13/h4,6,10-12H,5,7-8H2,1-3H3/i13-4. The highest BCUT2D eigenvalue weighted by Crippen LogP contribution is 2.26. The Labute approximate surface area is 116 Å². The van der Waals surface area contributed by atoms with Crippen molar-refractivity contribution in [3.8, 4) is 0 Å². The SMILES string of the molecule is COC(C=C[123I])C1CCN(C)CC1OC(C)=O. The molecule has 1 heterocycles. The number of methoxy groups -OCH3 is 1. The van der Waals surface area contributed by atoms with Crippen LogP contribution >= 0.6 is 22.6 Å². The molecule has 1 saturated heterocycles. The van der Waals surface area contributed by atoms with E-state index >= 15 is 0 Å². The van der Waals surface area contributed by atoms with E-state index in [1.54, 1.807) is 7.11 Å². The number of hydrogen-bond donors (Lipinski definition) is 0. The average molecular weight is 349 g/mol. The third-order valence-electron chi connectivity index (χ3n) is 3.09. The van der Waals surface area contributed by atoms with E-state index in [1.165, 1.54) is 6.92 Å². The fraction of sp³-hybridized carbons (Fsp3) is 0.750. The molecule has 4 nitrogen and oxygen atoms in total. The Morgan fingerprint density at radius 2 is 2.29 bits per heavy atom. The fourth-order valence-electron chi connectivity index (χ4n) is 2.27. The maximum atomic E-state index is 11.1. The Balaban J connectivity index is 2.74. The Kier molecular flexibility index (Phi) is 6.43. The number of carbonyl (C=O) groups is 1. The summed E-state index contributed by atoms with van der Waals surface area (Å²) in [5, 5.41) is 0. The molecule has 1 rings (SSSR count). The molecule has 0 aromatic heterocycles. The van der Waals surface area contributed by atoms with Crippen molar-refractivity contribution in [1.82, 2.24) is 4.90 Å². The van der Waals surface area contributed by atoms with Crippen LogP contribution in [0.25, 0.3) is 0 Å². The largest absolute Gasteiger partial charge is 0.461 e. The molecule has 0 aromatic rings. The van der Waals surface area contributed by atoms with Crippen molar-refractivity contribution in [2.24, 2.45) is 5.92 Å². The van der Waals surface area contributed by atoms with Gasteiger partial charge in [0.25, 0.3) is 0 Å². The van der Waals surface area contributed by atoms with E-state index in [-0.39, 0.29) is 24.1 Å². The molecule has 0 aliphatic carbocycles. The first-order chi connectivity index (χ1) is 8.08. The van der Waals surface area contributed by atoms with E-state index in [9.17, 15) is 4.79 Å². The van der Waals surface area contributed by atoms with E-state index in [2.05, 4.69) is 27.5 Å². The van der Waals surface area contributed by atoms with Gasteiger partial charge < -0.3 is 14.4 Å². The smallest absolute Gasteiger partial charge is 0.302 e. The van der Waals surface area contributed by atoms with Gasteiger partial charge in [0.1, 0.15) is 6.10 Å². The van der Waals surface area contributed by atoms with Crippen LogP contribution in [0.15, 0.2) is 10.2 Å². The summed E-state index contributed by atoms with van der Waals surface area (Å²) in [6, 6.07) is 0. The molecule has 17 heavy (non-hydrogen) atoms. The van der Waals surface area contributed by atoms with Gasteiger partial charge >= 0.3 is 5.97 Å². The molecule has 98 valence electrons. The third kappa shape index (κ3) is 4.56. The van der Waals surface area contributed by atoms with Crippen molar-refractivity contribution in [1.29, 1.82) is 0 Å². The van der Waals surface area contributed by atoms with Gasteiger partial charge in [-0.25, -0.2) is 0 Å². The number of hydrogen-bond acceptors (Lipinski definition) is 4. The summed E-state index contributed by atoms with van der Waals surface area (Å²) in [5.41, 5.74) is 0. The lowest BCUT2D eigenvalue weighted by Gasteiger charge is -2.38. The molecular weight excluding hydrogens is 329 g/mol. The van der Waals surface area contributed by atoms with Gasteiger partial charge in [-0.3, -0.25) is 4.79 Å². The average Bonchev–Trinajstić information content (AvgIpc) is 2.26. The quantitative estimate of drug-likeness (QED) is 0.574. The van der Waals surface area contributed by atoms with Gasteiger partial charge in [-0.15, -0.1) is 0 Å². The Morgan fingerprint density at radius 1 is 1.59 bits per heavy atom. The molecule has 1 aliphatic rings. The fourth-order valence-corrected chi connectivity index (χ4v) is 2.68. The van der Waals surface area contributed by atoms with Gasteiger partial charge in [0, 0.05) is 26.5 Å². The number of halogens is 1. The summed E-state index contributed by atoms with van der Waals surface area (Å²) in [6.07, 6.45) is 2.94. The van der Waals surface area contributed by atoms with Gasteiger partial charge in [0.2, 0.25) is 0 Å². The summed E-state index contributed by atoms with van der Waals surface area (Å²) in [7, 11) is 3.74. The maximum Gasteiger partial charge on any atom is 0.302 e. The molecule has 1 aliphatic heterocycles. The number of piperidine rings is 1. The predicted octanol–water partition coefficient (Wildman–Crippen LogP) is 1.83. The Hall–Kier alpha value is -0.140. The minimum atomic E-state index is -0.219. The number of rotatable bonds is 4. The number of likely N-dealkylation sites (N-methyl/N-ethyl adjacent to an activating group) is 1. The molecule has 3 atom stereocenters. The first kappa shape index (κ1) is 14.9. The lowest BCUT2D eigenvalue weighted by molar-refractivity contribution is -0.155. The maximum absolute atomic E-state index is 11.1. The van der Waals surface area contributed by atoms with Gasteiger partial charge in [-0.1, -0.05) is 22.6 Å². The van der Waals surface area contributed by atoms with Crippen LogP contribution in [-0.2, 0) is 14.3 Å². The molecule has 0 radical (unpaired) electrons. The third-order valence-corrected chi connectivity index (χ3v) is 3.50. The Bertz CT molecular complexity index is 283. The highest BCUT2D eigenvalue weighted by Gasteiger charge is 2.34. The molecule has 0 bridgehead atoms. The van der Waals surface area contributed by atoms with Crippen LogP contribution in [0, 0.1) is 5.92 Å². The summed E-state index contributed by atoms with van der Waals surface area (Å²) >= 11 is 2.18. The van der Waals surface area contributed by atoms with E-state index in [0.717, 1.165) is 19.5 Å². The summed E-state index contributed by atoms with van der Waals surface area (Å²) in [4.78, 5) is 13.3. The molecule has 0 amide bonds. The van der Waals surface area contributed by atoms with Crippen LogP contribution in [0.5, 0.6) is 0 Å². The molecule has 0 N–H and O–H groups in total. The topological polar surface area (TPSA) is 38.8 Å². The van der Waals surface area contributed by atoms with Crippen LogP contribution in [0.1, 0.15) is 13.3 Å². The first-order valence-electron chi connectivity index (χ1n) is 5.74. The zero-order valence-corrected chi connectivity index (χ0v) is 12.7. The van der Waals surface area contributed by atoms with Crippen molar-refractivity contribution in [3.05, 3.63) is 10.2 Å². The minimum absolute atomic E-state index is 0.0185. The van der Waals surface area contributed by atoms with Gasteiger partial charge in [0.15, 0.2) is 0 Å². The monoisotopic (exact) mass is 349 g/mol. The van der Waals surface area contributed by atoms with Crippen molar-refractivity contribution < 1.29 is 14.3 Å². The van der Waals surface area contributed by atoms with Crippen LogP contribution in [0.4, 0.5) is 0 Å². The Morgan fingerprint density at radius 3 is 2.82 bits per heavy atom. The van der Waals surface area contributed by atoms with E-state index < -0.39 is 0 Å². The van der Waals surface area contributed by atoms with Crippen LogP contribution in [-0.4, -0.2) is 50.3 Å². The molecular formula is C12H20INO3. The minimum Gasteiger partial charge on any atom is -0.461 e. The van der Waals surface area contributed by atoms with Crippen LogP contribution in [0.2, 0.25) is 0 Å². The first-order valence-corrected chi connectivity index (χ1v) is 6.98. The van der Waals surface area contributed by atoms with E-state index in [4.69, 9.17) is 9.47 Å². The van der Waals surface area contributed by atoms with Crippen molar-refractivity contribution in [2.45, 2.75) is 25.6 Å². The molecule has 0 aromatic carbocycles. The summed E-state index contributed by atoms with van der Waals surface area (Å²) < 4.78 is 12.8. The second kappa shape index (κ2) is 7.33. The number of nitrogens with zero attached hydrogens (tertiary/aromatic N) is 1. The molecule has 1 fully saturated rings. The number of esters is 1. The predicted molar refractivity (Wildman–Crippen MR) is 75.1 cm³/mol. The molecule has 5 heteroatoms. The van der Waals surface area contributed by atoms with E-state index in [0.29, 0.717) is 0 Å². The van der Waals surface area contributed by atoms with Crippen LogP contribution in [0.3, 0.4) is 0 Å². The van der Waals surface area contributed by atoms with Crippen LogP contribution < -0.4 is 0 Å². The molecule has 3 unspecified atom stereocenters. The zero-order chi connectivity index (χ0) is 12.8. The second-order valence-electron chi connectivity index (χ2n) is 4.38. The normalized spacial score (nSPS) is 28.2. The van der Waals surface area contributed by atoms with Gasteiger partial charge in [-0.05, 0) is 30.2 Å². The molecule has 0 spiro atoms. The lowest BCUT2D eigenvalue weighted by Crippen LogP contribution is -2.48. The summed E-state index contributed by atoms with van der Waals surface area (Å²) in [5.74, 6) is 0.0229. The highest BCUT2D eigenvalue weighted by molar-refractivity contribution is 14.1. The van der Waals surface area contributed by atoms with Crippen molar-refractivity contribution in [3.63, 3.8) is 0 Å². The zero-order valence-electron chi connectivity index (χ0n) is 10.6. The lowest BCUT2D eigenvalue weighted by atomic mass is 9.88.